The van der Waals surface area contributed by atoms with E-state index in [1.165, 1.54) is 5.56 Å². The minimum atomic E-state index is -0.517. The Kier molecular flexibility index (Phi) is 7.55. The normalized spacial score (nSPS) is 16.9. The number of anilines is 1. The predicted octanol–water partition coefficient (Wildman–Crippen LogP) is 3.75. The molecule has 31 heavy (non-hydrogen) atoms. The van der Waals surface area contributed by atoms with Gasteiger partial charge in [0.15, 0.2) is 0 Å². The van der Waals surface area contributed by atoms with Crippen LogP contribution in [0.25, 0.3) is 0 Å². The molecule has 1 saturated heterocycles. The summed E-state index contributed by atoms with van der Waals surface area (Å²) in [6, 6.07) is 10.2. The van der Waals surface area contributed by atoms with Crippen molar-refractivity contribution in [3.8, 4) is 5.75 Å². The van der Waals surface area contributed by atoms with Crippen molar-refractivity contribution in [3.05, 3.63) is 48.3 Å². The van der Waals surface area contributed by atoms with Crippen LogP contribution in [0, 0.1) is 5.41 Å². The fourth-order valence-corrected chi connectivity index (χ4v) is 4.56. The molecule has 0 saturated carbocycles. The first-order chi connectivity index (χ1) is 14.6. The zero-order chi connectivity index (χ0) is 22.5. The number of aromatic nitrogens is 2. The minimum absolute atomic E-state index is 0.114. The molecule has 6 heteroatoms. The molecule has 1 aliphatic heterocycles. The Labute approximate surface area is 187 Å². The van der Waals surface area contributed by atoms with Crippen LogP contribution in [0.2, 0.25) is 0 Å². The van der Waals surface area contributed by atoms with E-state index in [1.807, 2.05) is 18.2 Å². The van der Waals surface area contributed by atoms with E-state index in [4.69, 9.17) is 4.74 Å². The maximum atomic E-state index is 10.5. The summed E-state index contributed by atoms with van der Waals surface area (Å²) >= 11 is 0. The maximum absolute atomic E-state index is 10.5. The second-order valence-electron chi connectivity index (χ2n) is 10.4. The van der Waals surface area contributed by atoms with E-state index >= 15 is 0 Å². The highest BCUT2D eigenvalue weighted by Gasteiger charge is 2.27. The van der Waals surface area contributed by atoms with Gasteiger partial charge in [-0.2, -0.15) is 0 Å². The summed E-state index contributed by atoms with van der Waals surface area (Å²) in [5.74, 6) is 1.58. The molecule has 1 unspecified atom stereocenters. The molecule has 0 aliphatic carbocycles. The van der Waals surface area contributed by atoms with Crippen LogP contribution in [-0.2, 0) is 5.41 Å². The van der Waals surface area contributed by atoms with Crippen LogP contribution in [0.15, 0.2) is 42.7 Å². The van der Waals surface area contributed by atoms with Gasteiger partial charge in [0.1, 0.15) is 18.5 Å². The van der Waals surface area contributed by atoms with Crippen LogP contribution in [0.1, 0.15) is 46.6 Å². The van der Waals surface area contributed by atoms with Gasteiger partial charge in [-0.3, -0.25) is 4.90 Å². The van der Waals surface area contributed by atoms with Gasteiger partial charge >= 0.3 is 0 Å². The lowest BCUT2D eigenvalue weighted by Crippen LogP contribution is -2.49. The second kappa shape index (κ2) is 9.96. The third kappa shape index (κ3) is 7.18. The minimum Gasteiger partial charge on any atom is -0.491 e. The molecular weight excluding hydrogens is 388 g/mol. The Morgan fingerprint density at radius 3 is 2.16 bits per heavy atom. The van der Waals surface area contributed by atoms with E-state index in [2.05, 4.69) is 66.5 Å². The Morgan fingerprint density at radius 1 is 0.968 bits per heavy atom. The molecule has 2 heterocycles. The van der Waals surface area contributed by atoms with Crippen LogP contribution in [-0.4, -0.2) is 65.4 Å². The number of piperazine rings is 1. The number of benzene rings is 1. The zero-order valence-corrected chi connectivity index (χ0v) is 19.7. The lowest BCUT2D eigenvalue weighted by atomic mass is 9.72. The van der Waals surface area contributed by atoms with Crippen molar-refractivity contribution in [2.75, 3.05) is 44.2 Å². The van der Waals surface area contributed by atoms with Gasteiger partial charge in [0.2, 0.25) is 5.95 Å². The Morgan fingerprint density at radius 2 is 1.58 bits per heavy atom. The van der Waals surface area contributed by atoms with E-state index in [0.717, 1.165) is 44.3 Å². The number of aliphatic hydroxyl groups excluding tert-OH is 1. The fourth-order valence-electron chi connectivity index (χ4n) is 4.56. The third-order valence-electron chi connectivity index (χ3n) is 5.73. The van der Waals surface area contributed by atoms with E-state index in [9.17, 15) is 5.11 Å². The molecule has 1 N–H and O–H groups in total. The van der Waals surface area contributed by atoms with Gasteiger partial charge in [-0.15, -0.1) is 0 Å². The number of rotatable bonds is 8. The van der Waals surface area contributed by atoms with E-state index in [0.29, 0.717) is 13.2 Å². The molecule has 2 aromatic rings. The number of nitrogens with zero attached hydrogens (tertiary/aromatic N) is 4. The number of hydrogen-bond donors (Lipinski definition) is 1. The summed E-state index contributed by atoms with van der Waals surface area (Å²) < 4.78 is 5.86. The van der Waals surface area contributed by atoms with Gasteiger partial charge in [0, 0.05) is 45.1 Å². The van der Waals surface area contributed by atoms with Crippen molar-refractivity contribution in [2.45, 2.75) is 52.6 Å². The highest BCUT2D eigenvalue weighted by atomic mass is 16.5. The number of hydrogen-bond acceptors (Lipinski definition) is 6. The van der Waals surface area contributed by atoms with Crippen LogP contribution < -0.4 is 9.64 Å². The summed E-state index contributed by atoms with van der Waals surface area (Å²) in [5.41, 5.74) is 1.71. The van der Waals surface area contributed by atoms with Gasteiger partial charge < -0.3 is 14.7 Å². The predicted molar refractivity (Wildman–Crippen MR) is 126 cm³/mol. The first-order valence-electron chi connectivity index (χ1n) is 11.3. The summed E-state index contributed by atoms with van der Waals surface area (Å²) in [4.78, 5) is 13.1. The summed E-state index contributed by atoms with van der Waals surface area (Å²) in [6.07, 6.45) is 4.14. The summed E-state index contributed by atoms with van der Waals surface area (Å²) in [7, 11) is 0. The van der Waals surface area contributed by atoms with Crippen LogP contribution in [0.4, 0.5) is 5.95 Å². The van der Waals surface area contributed by atoms with Crippen molar-refractivity contribution in [2.24, 2.45) is 5.41 Å². The van der Waals surface area contributed by atoms with E-state index in [1.54, 1.807) is 12.4 Å². The van der Waals surface area contributed by atoms with Gasteiger partial charge in [0.05, 0.1) is 0 Å². The van der Waals surface area contributed by atoms with Crippen molar-refractivity contribution < 1.29 is 9.84 Å². The standard InChI is InChI=1S/C25H38N4O2/c1-24(2,3)19-25(4,5)20-7-9-22(10-8-20)31-18-21(30)17-28-13-15-29(16-14-28)23-26-11-6-12-27-23/h6-12,21,30H,13-19H2,1-5H3. The van der Waals surface area contributed by atoms with Crippen LogP contribution in [0.5, 0.6) is 5.75 Å². The molecule has 3 rings (SSSR count). The fraction of sp³-hybridized carbons (Fsp3) is 0.600. The van der Waals surface area contributed by atoms with E-state index < -0.39 is 6.10 Å². The van der Waals surface area contributed by atoms with Crippen LogP contribution >= 0.6 is 0 Å². The monoisotopic (exact) mass is 426 g/mol. The van der Waals surface area contributed by atoms with Gasteiger partial charge in [-0.25, -0.2) is 9.97 Å². The van der Waals surface area contributed by atoms with Gasteiger partial charge in [-0.05, 0) is 41.0 Å². The Balaban J connectivity index is 1.42. The molecule has 0 amide bonds. The largest absolute Gasteiger partial charge is 0.491 e. The van der Waals surface area contributed by atoms with E-state index in [-0.39, 0.29) is 10.8 Å². The first-order valence-corrected chi connectivity index (χ1v) is 11.3. The molecule has 170 valence electrons. The molecule has 0 bridgehead atoms. The second-order valence-corrected chi connectivity index (χ2v) is 10.4. The first kappa shape index (κ1) is 23.5. The van der Waals surface area contributed by atoms with Crippen molar-refractivity contribution in [3.63, 3.8) is 0 Å². The number of β-amino-alcohol motifs (C(OH)–C–C–N with tert-alkyl or cyclic N) is 1. The van der Waals surface area contributed by atoms with Crippen molar-refractivity contribution in [1.29, 1.82) is 0 Å². The quantitative estimate of drug-likeness (QED) is 0.694. The molecular formula is C25H38N4O2. The zero-order valence-electron chi connectivity index (χ0n) is 19.7. The van der Waals surface area contributed by atoms with Gasteiger partial charge in [0.25, 0.3) is 0 Å². The Bertz CT molecular complexity index is 795. The molecule has 1 aromatic carbocycles. The molecule has 0 spiro atoms. The molecule has 1 aliphatic rings. The molecule has 6 nitrogen and oxygen atoms in total. The average molecular weight is 427 g/mol. The van der Waals surface area contributed by atoms with Crippen molar-refractivity contribution >= 4 is 5.95 Å². The lowest BCUT2D eigenvalue weighted by Gasteiger charge is -2.35. The molecule has 1 atom stereocenters. The Hall–Kier alpha value is -2.18. The SMILES string of the molecule is CC(C)(C)CC(C)(C)c1ccc(OCC(O)CN2CCN(c3ncccn3)CC2)cc1. The molecule has 0 radical (unpaired) electrons. The molecule has 1 aromatic heterocycles. The highest BCUT2D eigenvalue weighted by molar-refractivity contribution is 5.32. The summed E-state index contributed by atoms with van der Waals surface area (Å²) in [6.45, 7) is 15.8. The summed E-state index contributed by atoms with van der Waals surface area (Å²) in [5, 5.41) is 10.5. The average Bonchev–Trinajstić information content (AvgIpc) is 2.72. The lowest BCUT2D eigenvalue weighted by molar-refractivity contribution is 0.0662. The highest BCUT2D eigenvalue weighted by Crippen LogP contribution is 2.36. The smallest absolute Gasteiger partial charge is 0.225 e. The number of ether oxygens (including phenoxy) is 1. The number of aliphatic hydroxyl groups is 1. The third-order valence-corrected chi connectivity index (χ3v) is 5.73. The van der Waals surface area contributed by atoms with Crippen LogP contribution in [0.3, 0.4) is 0 Å². The van der Waals surface area contributed by atoms with Gasteiger partial charge in [-0.1, -0.05) is 46.8 Å². The topological polar surface area (TPSA) is 61.7 Å². The van der Waals surface area contributed by atoms with Crippen molar-refractivity contribution in [1.82, 2.24) is 14.9 Å². The maximum Gasteiger partial charge on any atom is 0.225 e. The molecule has 1 fully saturated rings.